The Morgan fingerprint density at radius 1 is 1.38 bits per heavy atom. The van der Waals surface area contributed by atoms with Crippen molar-refractivity contribution in [1.29, 1.82) is 0 Å². The largest absolute Gasteiger partial charge is 0.348 e. The van der Waals surface area contributed by atoms with E-state index in [0.29, 0.717) is 12.1 Å². The maximum atomic E-state index is 13.5. The number of carbonyl (C=O) groups excluding carboxylic acids is 2. The van der Waals surface area contributed by atoms with Crippen LogP contribution in [0, 0.1) is 5.82 Å². The zero-order valence-corrected chi connectivity index (χ0v) is 11.8. The average molecular weight is 291 g/mol. The molecular formula is C15H18FN3O2. The number of hydrogen-bond donors (Lipinski definition) is 3. The quantitative estimate of drug-likeness (QED) is 0.735. The van der Waals surface area contributed by atoms with Gasteiger partial charge in [-0.2, -0.15) is 0 Å². The number of rotatable bonds is 4. The monoisotopic (exact) mass is 291 g/mol. The summed E-state index contributed by atoms with van der Waals surface area (Å²) in [5.74, 6) is -1.24. The predicted octanol–water partition coefficient (Wildman–Crippen LogP) is 1.43. The number of benzene rings is 1. The van der Waals surface area contributed by atoms with Crippen molar-refractivity contribution in [3.8, 4) is 0 Å². The minimum Gasteiger partial charge on any atom is -0.348 e. The molecule has 0 spiro atoms. The summed E-state index contributed by atoms with van der Waals surface area (Å²) in [4.78, 5) is 23.0. The SMILES string of the molecule is CC(=O)Nc1cc(C(=O)NCC2=CCNCC2)ccc1F. The fourth-order valence-corrected chi connectivity index (χ4v) is 2.08. The minimum atomic E-state index is -0.567. The number of carbonyl (C=O) groups is 2. The van der Waals surface area contributed by atoms with E-state index in [1.807, 2.05) is 0 Å². The van der Waals surface area contributed by atoms with Crippen LogP contribution in [0.25, 0.3) is 0 Å². The van der Waals surface area contributed by atoms with Crippen LogP contribution >= 0.6 is 0 Å². The van der Waals surface area contributed by atoms with Gasteiger partial charge in [-0.05, 0) is 31.2 Å². The molecule has 2 amide bonds. The molecule has 1 heterocycles. The van der Waals surface area contributed by atoms with Crippen LogP contribution in [0.5, 0.6) is 0 Å². The fourth-order valence-electron chi connectivity index (χ4n) is 2.08. The second-order valence-electron chi connectivity index (χ2n) is 4.87. The van der Waals surface area contributed by atoms with Crippen molar-refractivity contribution in [2.75, 3.05) is 25.0 Å². The Morgan fingerprint density at radius 2 is 2.19 bits per heavy atom. The van der Waals surface area contributed by atoms with E-state index in [4.69, 9.17) is 0 Å². The van der Waals surface area contributed by atoms with Gasteiger partial charge in [0, 0.05) is 25.6 Å². The number of hydrogen-bond acceptors (Lipinski definition) is 3. The van der Waals surface area contributed by atoms with Crippen molar-refractivity contribution in [2.24, 2.45) is 0 Å². The molecule has 0 unspecified atom stereocenters. The predicted molar refractivity (Wildman–Crippen MR) is 78.6 cm³/mol. The molecule has 0 fully saturated rings. The summed E-state index contributed by atoms with van der Waals surface area (Å²) >= 11 is 0. The lowest BCUT2D eigenvalue weighted by atomic mass is 10.1. The van der Waals surface area contributed by atoms with Gasteiger partial charge in [-0.25, -0.2) is 4.39 Å². The molecule has 0 saturated heterocycles. The molecule has 1 aromatic rings. The van der Waals surface area contributed by atoms with Crippen molar-refractivity contribution in [1.82, 2.24) is 10.6 Å². The van der Waals surface area contributed by atoms with Crippen LogP contribution in [0.2, 0.25) is 0 Å². The molecule has 21 heavy (non-hydrogen) atoms. The summed E-state index contributed by atoms with van der Waals surface area (Å²) in [6.07, 6.45) is 2.96. The van der Waals surface area contributed by atoms with Gasteiger partial charge in [0.1, 0.15) is 5.82 Å². The van der Waals surface area contributed by atoms with E-state index in [0.717, 1.165) is 19.5 Å². The van der Waals surface area contributed by atoms with E-state index in [2.05, 4.69) is 22.0 Å². The Morgan fingerprint density at radius 3 is 2.86 bits per heavy atom. The molecule has 0 bridgehead atoms. The highest BCUT2D eigenvalue weighted by Gasteiger charge is 2.11. The Kier molecular flexibility index (Phi) is 5.05. The number of nitrogens with one attached hydrogen (secondary N) is 3. The Balaban J connectivity index is 2.01. The molecule has 0 aliphatic carbocycles. The first-order chi connectivity index (χ1) is 10.1. The third-order valence-electron chi connectivity index (χ3n) is 3.17. The Hall–Kier alpha value is -2.21. The molecule has 0 aromatic heterocycles. The summed E-state index contributed by atoms with van der Waals surface area (Å²) in [6.45, 7) is 3.49. The van der Waals surface area contributed by atoms with Gasteiger partial charge in [-0.15, -0.1) is 0 Å². The number of anilines is 1. The van der Waals surface area contributed by atoms with Crippen LogP contribution in [-0.2, 0) is 4.79 Å². The van der Waals surface area contributed by atoms with E-state index in [-0.39, 0.29) is 17.5 Å². The standard InChI is InChI=1S/C15H18FN3O2/c1-10(20)19-14-8-12(2-3-13(14)16)15(21)18-9-11-4-6-17-7-5-11/h2-4,8,17H,5-7,9H2,1H3,(H,18,21)(H,19,20). The first kappa shape index (κ1) is 15.2. The lowest BCUT2D eigenvalue weighted by Crippen LogP contribution is -2.29. The molecule has 3 N–H and O–H groups in total. The second-order valence-corrected chi connectivity index (χ2v) is 4.87. The van der Waals surface area contributed by atoms with Gasteiger partial charge in [-0.1, -0.05) is 11.6 Å². The van der Waals surface area contributed by atoms with Crippen molar-refractivity contribution < 1.29 is 14.0 Å². The average Bonchev–Trinajstić information content (AvgIpc) is 2.47. The van der Waals surface area contributed by atoms with Gasteiger partial charge in [0.05, 0.1) is 5.69 Å². The van der Waals surface area contributed by atoms with Crippen LogP contribution in [0.1, 0.15) is 23.7 Å². The zero-order chi connectivity index (χ0) is 15.2. The number of amides is 2. The van der Waals surface area contributed by atoms with E-state index < -0.39 is 5.82 Å². The molecule has 0 radical (unpaired) electrons. The Bertz CT molecular complexity index is 584. The summed E-state index contributed by atoms with van der Waals surface area (Å²) < 4.78 is 13.5. The third-order valence-corrected chi connectivity index (χ3v) is 3.17. The topological polar surface area (TPSA) is 70.2 Å². The molecule has 1 aromatic carbocycles. The molecule has 112 valence electrons. The van der Waals surface area contributed by atoms with Crippen LogP contribution in [0.3, 0.4) is 0 Å². The summed E-state index contributed by atoms with van der Waals surface area (Å²) in [5, 5.41) is 8.35. The van der Waals surface area contributed by atoms with Crippen molar-refractivity contribution >= 4 is 17.5 Å². The third kappa shape index (κ3) is 4.39. The highest BCUT2D eigenvalue weighted by molar-refractivity contribution is 5.97. The van der Waals surface area contributed by atoms with E-state index >= 15 is 0 Å². The van der Waals surface area contributed by atoms with Crippen LogP contribution in [0.15, 0.2) is 29.8 Å². The highest BCUT2D eigenvalue weighted by Crippen LogP contribution is 2.16. The maximum absolute atomic E-state index is 13.5. The molecular weight excluding hydrogens is 273 g/mol. The summed E-state index contributed by atoms with van der Waals surface area (Å²) in [7, 11) is 0. The first-order valence-corrected chi connectivity index (χ1v) is 6.80. The fraction of sp³-hybridized carbons (Fsp3) is 0.333. The van der Waals surface area contributed by atoms with Crippen molar-refractivity contribution in [2.45, 2.75) is 13.3 Å². The highest BCUT2D eigenvalue weighted by atomic mass is 19.1. The van der Waals surface area contributed by atoms with Crippen LogP contribution < -0.4 is 16.0 Å². The van der Waals surface area contributed by atoms with Gasteiger partial charge in [0.2, 0.25) is 5.91 Å². The van der Waals surface area contributed by atoms with Crippen LogP contribution in [0.4, 0.5) is 10.1 Å². The second kappa shape index (κ2) is 6.99. The van der Waals surface area contributed by atoms with E-state index in [9.17, 15) is 14.0 Å². The lowest BCUT2D eigenvalue weighted by molar-refractivity contribution is -0.114. The van der Waals surface area contributed by atoms with Gasteiger partial charge < -0.3 is 16.0 Å². The molecule has 1 aliphatic rings. The molecule has 2 rings (SSSR count). The number of halogens is 1. The Labute approximate surface area is 122 Å². The van der Waals surface area contributed by atoms with Gasteiger partial charge in [-0.3, -0.25) is 9.59 Å². The molecule has 6 heteroatoms. The lowest BCUT2D eigenvalue weighted by Gasteiger charge is -2.15. The van der Waals surface area contributed by atoms with Crippen LogP contribution in [-0.4, -0.2) is 31.4 Å². The zero-order valence-electron chi connectivity index (χ0n) is 11.8. The van der Waals surface area contributed by atoms with Gasteiger partial charge >= 0.3 is 0 Å². The molecule has 5 nitrogen and oxygen atoms in total. The van der Waals surface area contributed by atoms with E-state index in [1.165, 1.54) is 30.7 Å². The van der Waals surface area contributed by atoms with Crippen molar-refractivity contribution in [3.05, 3.63) is 41.2 Å². The van der Waals surface area contributed by atoms with Gasteiger partial charge in [0.15, 0.2) is 0 Å². The first-order valence-electron chi connectivity index (χ1n) is 6.80. The maximum Gasteiger partial charge on any atom is 0.251 e. The molecule has 0 atom stereocenters. The summed E-state index contributed by atoms with van der Waals surface area (Å²) in [5.41, 5.74) is 1.50. The van der Waals surface area contributed by atoms with Crippen molar-refractivity contribution in [3.63, 3.8) is 0 Å². The minimum absolute atomic E-state index is 0.0104. The van der Waals surface area contributed by atoms with E-state index in [1.54, 1.807) is 0 Å². The smallest absolute Gasteiger partial charge is 0.251 e. The molecule has 1 aliphatic heterocycles. The summed E-state index contributed by atoms with van der Waals surface area (Å²) in [6, 6.07) is 3.90. The molecule has 0 saturated carbocycles. The normalized spacial score (nSPS) is 14.3. The van der Waals surface area contributed by atoms with Gasteiger partial charge in [0.25, 0.3) is 5.91 Å².